The Morgan fingerprint density at radius 2 is 2.00 bits per heavy atom. The van der Waals surface area contributed by atoms with Crippen molar-refractivity contribution in [2.75, 3.05) is 17.6 Å². The van der Waals surface area contributed by atoms with E-state index in [0.29, 0.717) is 12.3 Å². The maximum Gasteiger partial charge on any atom is 0.264 e. The molecular weight excluding hydrogens is 295 g/mol. The van der Waals surface area contributed by atoms with Crippen molar-refractivity contribution in [3.05, 3.63) is 53.8 Å². The van der Waals surface area contributed by atoms with Gasteiger partial charge >= 0.3 is 0 Å². The molecule has 0 unspecified atom stereocenters. The summed E-state index contributed by atoms with van der Waals surface area (Å²) in [5, 5.41) is 0. The number of hydrogen-bond acceptors (Lipinski definition) is 4. The number of ether oxygens (including phenoxy) is 1. The van der Waals surface area contributed by atoms with E-state index < -0.39 is 20.7 Å². The Morgan fingerprint density at radius 3 is 2.67 bits per heavy atom. The van der Waals surface area contributed by atoms with Gasteiger partial charge in [-0.25, -0.2) is 12.8 Å². The van der Waals surface area contributed by atoms with Gasteiger partial charge in [-0.1, -0.05) is 12.1 Å². The van der Waals surface area contributed by atoms with Gasteiger partial charge in [-0.15, -0.1) is 0 Å². The predicted molar refractivity (Wildman–Crippen MR) is 78.8 cm³/mol. The average Bonchev–Trinajstić information content (AvgIpc) is 2.38. The Hall–Kier alpha value is -2.12. The number of methoxy groups -OCH3 is 1. The third kappa shape index (κ3) is 3.71. The molecule has 2 aromatic rings. The topological polar surface area (TPSA) is 81.4 Å². The molecule has 0 fully saturated rings. The SMILES string of the molecule is COCc1cccc(NS(=O)(=O)c2ccc(N)cc2F)c1. The number of anilines is 2. The maximum absolute atomic E-state index is 13.7. The van der Waals surface area contributed by atoms with Gasteiger partial charge in [0.25, 0.3) is 10.0 Å². The zero-order valence-electron chi connectivity index (χ0n) is 11.3. The highest BCUT2D eigenvalue weighted by molar-refractivity contribution is 7.92. The van der Waals surface area contributed by atoms with Crippen molar-refractivity contribution in [1.29, 1.82) is 0 Å². The minimum absolute atomic E-state index is 0.161. The first-order chi connectivity index (χ1) is 9.92. The summed E-state index contributed by atoms with van der Waals surface area (Å²) >= 11 is 0. The quantitative estimate of drug-likeness (QED) is 0.831. The van der Waals surface area contributed by atoms with Crippen LogP contribution in [0.25, 0.3) is 0 Å². The molecule has 0 atom stereocenters. The first-order valence-corrected chi connectivity index (χ1v) is 7.56. The van der Waals surface area contributed by atoms with Crippen LogP contribution in [0.3, 0.4) is 0 Å². The Bertz CT molecular complexity index is 748. The van der Waals surface area contributed by atoms with E-state index in [-0.39, 0.29) is 5.69 Å². The fourth-order valence-corrected chi connectivity index (χ4v) is 2.95. The summed E-state index contributed by atoms with van der Waals surface area (Å²) in [5.74, 6) is -0.893. The van der Waals surface area contributed by atoms with Gasteiger partial charge < -0.3 is 10.5 Å². The van der Waals surface area contributed by atoms with Crippen molar-refractivity contribution in [1.82, 2.24) is 0 Å². The molecule has 2 aromatic carbocycles. The van der Waals surface area contributed by atoms with Crippen molar-refractivity contribution in [2.45, 2.75) is 11.5 Å². The fourth-order valence-electron chi connectivity index (χ4n) is 1.84. The van der Waals surface area contributed by atoms with Crippen LogP contribution in [-0.2, 0) is 21.4 Å². The lowest BCUT2D eigenvalue weighted by Gasteiger charge is -2.10. The van der Waals surface area contributed by atoms with Gasteiger partial charge in [-0.3, -0.25) is 4.72 Å². The van der Waals surface area contributed by atoms with E-state index in [4.69, 9.17) is 10.5 Å². The van der Waals surface area contributed by atoms with E-state index in [1.807, 2.05) is 0 Å². The summed E-state index contributed by atoms with van der Waals surface area (Å²) in [6.45, 7) is 0.353. The van der Waals surface area contributed by atoms with Crippen molar-refractivity contribution in [2.24, 2.45) is 0 Å². The van der Waals surface area contributed by atoms with Gasteiger partial charge in [0.1, 0.15) is 10.7 Å². The lowest BCUT2D eigenvalue weighted by atomic mass is 10.2. The lowest BCUT2D eigenvalue weighted by Crippen LogP contribution is -2.15. The number of nitrogens with one attached hydrogen (secondary N) is 1. The Morgan fingerprint density at radius 1 is 1.24 bits per heavy atom. The highest BCUT2D eigenvalue weighted by Gasteiger charge is 2.19. The van der Waals surface area contributed by atoms with Crippen LogP contribution in [0, 0.1) is 5.82 Å². The molecule has 7 heteroatoms. The molecule has 0 bridgehead atoms. The highest BCUT2D eigenvalue weighted by Crippen LogP contribution is 2.21. The fraction of sp³-hybridized carbons (Fsp3) is 0.143. The maximum atomic E-state index is 13.7. The van der Waals surface area contributed by atoms with E-state index in [1.54, 1.807) is 31.4 Å². The standard InChI is InChI=1S/C14H15FN2O3S/c1-20-9-10-3-2-4-12(7-10)17-21(18,19)14-6-5-11(16)8-13(14)15/h2-8,17H,9,16H2,1H3. The van der Waals surface area contributed by atoms with Crippen LogP contribution in [0.1, 0.15) is 5.56 Å². The van der Waals surface area contributed by atoms with Crippen LogP contribution in [0.4, 0.5) is 15.8 Å². The molecule has 0 aliphatic carbocycles. The third-order valence-electron chi connectivity index (χ3n) is 2.74. The Kier molecular flexibility index (Phi) is 4.44. The molecule has 0 aliphatic heterocycles. The second-order valence-corrected chi connectivity index (χ2v) is 6.08. The summed E-state index contributed by atoms with van der Waals surface area (Å²) in [6.07, 6.45) is 0. The molecule has 0 amide bonds. The van der Waals surface area contributed by atoms with Crippen molar-refractivity contribution in [3.8, 4) is 0 Å². The molecule has 2 rings (SSSR count). The average molecular weight is 310 g/mol. The van der Waals surface area contributed by atoms with Crippen LogP contribution in [0.2, 0.25) is 0 Å². The summed E-state index contributed by atoms with van der Waals surface area (Å²) in [6, 6.07) is 10.1. The van der Waals surface area contributed by atoms with Gasteiger partial charge in [0, 0.05) is 18.5 Å². The third-order valence-corrected chi connectivity index (χ3v) is 4.15. The van der Waals surface area contributed by atoms with Crippen LogP contribution >= 0.6 is 0 Å². The second-order valence-electron chi connectivity index (χ2n) is 4.43. The molecule has 0 radical (unpaired) electrons. The summed E-state index contributed by atoms with van der Waals surface area (Å²) in [7, 11) is -2.47. The molecule has 112 valence electrons. The Balaban J connectivity index is 2.31. The zero-order chi connectivity index (χ0) is 15.5. The van der Waals surface area contributed by atoms with Gasteiger partial charge in [0.15, 0.2) is 0 Å². The second kappa shape index (κ2) is 6.11. The molecule has 0 saturated heterocycles. The van der Waals surface area contributed by atoms with E-state index in [0.717, 1.165) is 17.7 Å². The van der Waals surface area contributed by atoms with Crippen molar-refractivity contribution < 1.29 is 17.5 Å². The molecule has 0 aliphatic rings. The minimum atomic E-state index is -4.01. The van der Waals surface area contributed by atoms with Crippen LogP contribution < -0.4 is 10.5 Å². The summed E-state index contributed by atoms with van der Waals surface area (Å²) in [4.78, 5) is -0.450. The van der Waals surface area contributed by atoms with Gasteiger partial charge in [-0.05, 0) is 35.9 Å². The minimum Gasteiger partial charge on any atom is -0.399 e. The summed E-state index contributed by atoms with van der Waals surface area (Å²) in [5.41, 5.74) is 6.70. The van der Waals surface area contributed by atoms with Crippen LogP contribution in [0.15, 0.2) is 47.4 Å². The number of hydrogen-bond donors (Lipinski definition) is 2. The first-order valence-electron chi connectivity index (χ1n) is 6.08. The number of halogens is 1. The Labute approximate surface area is 122 Å². The first kappa shape index (κ1) is 15.3. The van der Waals surface area contributed by atoms with Gasteiger partial charge in [-0.2, -0.15) is 0 Å². The molecule has 0 heterocycles. The number of nitrogens with two attached hydrogens (primary N) is 1. The van der Waals surface area contributed by atoms with Gasteiger partial charge in [0.2, 0.25) is 0 Å². The largest absolute Gasteiger partial charge is 0.399 e. The van der Waals surface area contributed by atoms with E-state index in [9.17, 15) is 12.8 Å². The van der Waals surface area contributed by atoms with E-state index in [2.05, 4.69) is 4.72 Å². The van der Waals surface area contributed by atoms with Crippen molar-refractivity contribution in [3.63, 3.8) is 0 Å². The van der Waals surface area contributed by atoms with Crippen molar-refractivity contribution >= 4 is 21.4 Å². The molecule has 5 nitrogen and oxygen atoms in total. The zero-order valence-corrected chi connectivity index (χ0v) is 12.2. The number of benzene rings is 2. The number of sulfonamides is 1. The monoisotopic (exact) mass is 310 g/mol. The smallest absolute Gasteiger partial charge is 0.264 e. The molecule has 0 spiro atoms. The molecule has 0 aromatic heterocycles. The van der Waals surface area contributed by atoms with E-state index in [1.165, 1.54) is 6.07 Å². The normalized spacial score (nSPS) is 11.3. The number of nitrogen functional groups attached to an aromatic ring is 1. The van der Waals surface area contributed by atoms with Gasteiger partial charge in [0.05, 0.1) is 6.61 Å². The van der Waals surface area contributed by atoms with Crippen LogP contribution in [-0.4, -0.2) is 15.5 Å². The molecule has 0 saturated carbocycles. The van der Waals surface area contributed by atoms with E-state index >= 15 is 0 Å². The molecule has 21 heavy (non-hydrogen) atoms. The number of rotatable bonds is 5. The lowest BCUT2D eigenvalue weighted by molar-refractivity contribution is 0.185. The van der Waals surface area contributed by atoms with Crippen LogP contribution in [0.5, 0.6) is 0 Å². The highest BCUT2D eigenvalue weighted by atomic mass is 32.2. The predicted octanol–water partition coefficient (Wildman–Crippen LogP) is 2.36. The molecule has 3 N–H and O–H groups in total. The molecular formula is C14H15FN2O3S. The summed E-state index contributed by atoms with van der Waals surface area (Å²) < 4.78 is 45.4.